The largest absolute Gasteiger partial charge is 0.311 e. The van der Waals surface area contributed by atoms with E-state index < -0.39 is 0 Å². The van der Waals surface area contributed by atoms with E-state index in [0.717, 1.165) is 29.9 Å². The maximum Gasteiger partial charge on any atom is 0.123 e. The predicted molar refractivity (Wildman–Crippen MR) is 74.8 cm³/mol. The summed E-state index contributed by atoms with van der Waals surface area (Å²) in [6, 6.07) is 6.66. The van der Waals surface area contributed by atoms with E-state index in [1.807, 2.05) is 20.0 Å². The van der Waals surface area contributed by atoms with E-state index in [2.05, 4.69) is 10.4 Å². The number of rotatable bonds is 5. The average molecular weight is 282 g/mol. The number of nitrogens with zero attached hydrogens (tertiary/aromatic N) is 2. The SMILES string of the molecule is Cc1nn(C)c(CNCCc2cccc(F)c2)c1Cl. The van der Waals surface area contributed by atoms with E-state index in [9.17, 15) is 4.39 Å². The maximum absolute atomic E-state index is 13.0. The molecule has 0 saturated heterocycles. The Kier molecular flexibility index (Phi) is 4.56. The van der Waals surface area contributed by atoms with Gasteiger partial charge >= 0.3 is 0 Å². The van der Waals surface area contributed by atoms with Crippen LogP contribution in [0.1, 0.15) is 17.0 Å². The van der Waals surface area contributed by atoms with Crippen molar-refractivity contribution in [1.29, 1.82) is 0 Å². The van der Waals surface area contributed by atoms with Crippen LogP contribution in [0.15, 0.2) is 24.3 Å². The van der Waals surface area contributed by atoms with Gasteiger partial charge in [-0.2, -0.15) is 5.10 Å². The van der Waals surface area contributed by atoms with Crippen molar-refractivity contribution >= 4 is 11.6 Å². The smallest absolute Gasteiger partial charge is 0.123 e. The Bertz CT molecular complexity index is 566. The number of hydrogen-bond acceptors (Lipinski definition) is 2. The monoisotopic (exact) mass is 281 g/mol. The van der Waals surface area contributed by atoms with Crippen LogP contribution < -0.4 is 5.32 Å². The van der Waals surface area contributed by atoms with E-state index >= 15 is 0 Å². The van der Waals surface area contributed by atoms with Gasteiger partial charge in [0.25, 0.3) is 0 Å². The second kappa shape index (κ2) is 6.17. The van der Waals surface area contributed by atoms with Gasteiger partial charge in [-0.1, -0.05) is 23.7 Å². The van der Waals surface area contributed by atoms with Gasteiger partial charge in [-0.3, -0.25) is 4.68 Å². The number of aromatic nitrogens is 2. The first-order valence-electron chi connectivity index (χ1n) is 6.21. The first kappa shape index (κ1) is 14.0. The minimum atomic E-state index is -0.192. The molecule has 0 radical (unpaired) electrons. The zero-order chi connectivity index (χ0) is 13.8. The molecule has 0 aliphatic rings. The summed E-state index contributed by atoms with van der Waals surface area (Å²) < 4.78 is 14.8. The first-order chi connectivity index (χ1) is 9.08. The Balaban J connectivity index is 1.84. The highest BCUT2D eigenvalue weighted by atomic mass is 35.5. The normalized spacial score (nSPS) is 10.9. The highest BCUT2D eigenvalue weighted by Crippen LogP contribution is 2.18. The van der Waals surface area contributed by atoms with Crippen molar-refractivity contribution in [2.45, 2.75) is 19.9 Å². The van der Waals surface area contributed by atoms with E-state index in [-0.39, 0.29) is 5.82 Å². The lowest BCUT2D eigenvalue weighted by atomic mass is 10.1. The van der Waals surface area contributed by atoms with Crippen molar-refractivity contribution in [3.63, 3.8) is 0 Å². The number of aryl methyl sites for hydroxylation is 2. The van der Waals surface area contributed by atoms with Crippen molar-refractivity contribution in [1.82, 2.24) is 15.1 Å². The molecule has 2 aromatic rings. The molecule has 0 amide bonds. The molecule has 0 aliphatic carbocycles. The van der Waals surface area contributed by atoms with Gasteiger partial charge in [0.2, 0.25) is 0 Å². The molecule has 102 valence electrons. The molecule has 0 fully saturated rings. The molecule has 1 aromatic heterocycles. The van der Waals surface area contributed by atoms with E-state index in [0.29, 0.717) is 11.6 Å². The summed E-state index contributed by atoms with van der Waals surface area (Å²) in [7, 11) is 1.88. The molecule has 0 atom stereocenters. The molecule has 0 saturated carbocycles. The zero-order valence-corrected chi connectivity index (χ0v) is 11.8. The van der Waals surface area contributed by atoms with Crippen LogP contribution >= 0.6 is 11.6 Å². The zero-order valence-electron chi connectivity index (χ0n) is 11.1. The van der Waals surface area contributed by atoms with Crippen LogP contribution in [0.3, 0.4) is 0 Å². The van der Waals surface area contributed by atoms with Crippen molar-refractivity contribution in [3.05, 3.63) is 52.1 Å². The molecule has 5 heteroatoms. The van der Waals surface area contributed by atoms with E-state index in [4.69, 9.17) is 11.6 Å². The number of benzene rings is 1. The second-order valence-corrected chi connectivity index (χ2v) is 4.90. The summed E-state index contributed by atoms with van der Waals surface area (Å²) in [5.74, 6) is -0.192. The highest BCUT2D eigenvalue weighted by Gasteiger charge is 2.09. The Morgan fingerprint density at radius 2 is 2.21 bits per heavy atom. The fraction of sp³-hybridized carbons (Fsp3) is 0.357. The van der Waals surface area contributed by atoms with Gasteiger partial charge in [0.1, 0.15) is 5.82 Å². The van der Waals surface area contributed by atoms with Crippen LogP contribution in [0.5, 0.6) is 0 Å². The van der Waals surface area contributed by atoms with Gasteiger partial charge in [0.15, 0.2) is 0 Å². The quantitative estimate of drug-likeness (QED) is 0.854. The highest BCUT2D eigenvalue weighted by molar-refractivity contribution is 6.31. The van der Waals surface area contributed by atoms with Gasteiger partial charge in [-0.15, -0.1) is 0 Å². The summed E-state index contributed by atoms with van der Waals surface area (Å²) in [6.45, 7) is 3.31. The lowest BCUT2D eigenvalue weighted by molar-refractivity contribution is 0.614. The van der Waals surface area contributed by atoms with E-state index in [1.165, 1.54) is 6.07 Å². The minimum Gasteiger partial charge on any atom is -0.311 e. The molecule has 0 unspecified atom stereocenters. The topological polar surface area (TPSA) is 29.9 Å². The van der Waals surface area contributed by atoms with Crippen LogP contribution in [-0.2, 0) is 20.0 Å². The summed E-state index contributed by atoms with van der Waals surface area (Å²) >= 11 is 6.16. The van der Waals surface area contributed by atoms with Gasteiger partial charge in [0, 0.05) is 13.6 Å². The third-order valence-corrected chi connectivity index (χ3v) is 3.53. The Hall–Kier alpha value is -1.39. The molecule has 1 N–H and O–H groups in total. The summed E-state index contributed by atoms with van der Waals surface area (Å²) in [5, 5.41) is 8.26. The van der Waals surface area contributed by atoms with Crippen LogP contribution in [0.2, 0.25) is 5.02 Å². The van der Waals surface area contributed by atoms with Crippen LogP contribution in [0.4, 0.5) is 4.39 Å². The van der Waals surface area contributed by atoms with Crippen molar-refractivity contribution in [3.8, 4) is 0 Å². The Labute approximate surface area is 117 Å². The lowest BCUT2D eigenvalue weighted by Crippen LogP contribution is -2.18. The van der Waals surface area contributed by atoms with Crippen LogP contribution in [0, 0.1) is 12.7 Å². The average Bonchev–Trinajstić information content (AvgIpc) is 2.60. The molecular formula is C14H17ClFN3. The molecule has 1 heterocycles. The summed E-state index contributed by atoms with van der Waals surface area (Å²) in [5.41, 5.74) is 2.80. The lowest BCUT2D eigenvalue weighted by Gasteiger charge is -2.06. The Morgan fingerprint density at radius 1 is 1.42 bits per heavy atom. The van der Waals surface area contributed by atoms with Crippen molar-refractivity contribution in [2.24, 2.45) is 7.05 Å². The molecule has 1 aromatic carbocycles. The van der Waals surface area contributed by atoms with E-state index in [1.54, 1.807) is 16.8 Å². The third kappa shape index (κ3) is 3.55. The fourth-order valence-corrected chi connectivity index (χ4v) is 2.23. The first-order valence-corrected chi connectivity index (χ1v) is 6.59. The molecule has 2 rings (SSSR count). The number of nitrogens with one attached hydrogen (secondary N) is 1. The van der Waals surface area contributed by atoms with Crippen LogP contribution in [0.25, 0.3) is 0 Å². The molecule has 19 heavy (non-hydrogen) atoms. The molecular weight excluding hydrogens is 265 g/mol. The molecule has 0 aliphatic heterocycles. The van der Waals surface area contributed by atoms with Gasteiger partial charge in [-0.25, -0.2) is 4.39 Å². The number of hydrogen-bond donors (Lipinski definition) is 1. The fourth-order valence-electron chi connectivity index (χ4n) is 2.00. The summed E-state index contributed by atoms with van der Waals surface area (Å²) in [6.07, 6.45) is 0.784. The van der Waals surface area contributed by atoms with Crippen molar-refractivity contribution in [2.75, 3.05) is 6.54 Å². The standard InChI is InChI=1S/C14H17ClFN3/c1-10-14(15)13(19(2)18-10)9-17-7-6-11-4-3-5-12(16)8-11/h3-5,8,17H,6-7,9H2,1-2H3. The second-order valence-electron chi connectivity index (χ2n) is 4.53. The minimum absolute atomic E-state index is 0.192. The third-order valence-electron chi connectivity index (χ3n) is 3.03. The maximum atomic E-state index is 13.0. The van der Waals surface area contributed by atoms with Gasteiger partial charge < -0.3 is 5.32 Å². The molecule has 0 spiro atoms. The van der Waals surface area contributed by atoms with Gasteiger partial charge in [-0.05, 0) is 37.6 Å². The van der Waals surface area contributed by atoms with Crippen LogP contribution in [-0.4, -0.2) is 16.3 Å². The Morgan fingerprint density at radius 3 is 2.84 bits per heavy atom. The molecule has 0 bridgehead atoms. The molecule has 3 nitrogen and oxygen atoms in total. The van der Waals surface area contributed by atoms with Gasteiger partial charge in [0.05, 0.1) is 16.4 Å². The number of halogens is 2. The van der Waals surface area contributed by atoms with Crippen molar-refractivity contribution < 1.29 is 4.39 Å². The predicted octanol–water partition coefficient (Wildman–Crippen LogP) is 2.85. The summed E-state index contributed by atoms with van der Waals surface area (Å²) in [4.78, 5) is 0.